The molecule has 0 bridgehead atoms. The van der Waals surface area contributed by atoms with Crippen molar-refractivity contribution in [1.29, 1.82) is 0 Å². The van der Waals surface area contributed by atoms with Gasteiger partial charge in [0.15, 0.2) is 0 Å². The van der Waals surface area contributed by atoms with Gasteiger partial charge in [-0.2, -0.15) is 0 Å². The number of fused-ring (bicyclic) bond motifs is 3. The maximum atomic E-state index is 15.1. The van der Waals surface area contributed by atoms with Crippen molar-refractivity contribution in [2.75, 3.05) is 11.9 Å². The Hall–Kier alpha value is -3.46. The van der Waals surface area contributed by atoms with E-state index in [-0.39, 0.29) is 17.0 Å². The minimum absolute atomic E-state index is 0.146. The average Bonchev–Trinajstić information content (AvgIpc) is 3.00. The molecule has 0 saturated carbocycles. The summed E-state index contributed by atoms with van der Waals surface area (Å²) in [6.07, 6.45) is 0. The van der Waals surface area contributed by atoms with Crippen LogP contribution in [0.5, 0.6) is 0 Å². The summed E-state index contributed by atoms with van der Waals surface area (Å²) in [5.74, 6) is -0.768. The van der Waals surface area contributed by atoms with E-state index in [4.69, 9.17) is 0 Å². The quantitative estimate of drug-likeness (QED) is 0.334. The highest BCUT2D eigenvalue weighted by molar-refractivity contribution is 5.87. The number of nitrogens with zero attached hydrogens (tertiary/aromatic N) is 1. The van der Waals surface area contributed by atoms with Crippen molar-refractivity contribution in [2.45, 2.75) is 19.3 Å². The molecule has 154 valence electrons. The van der Waals surface area contributed by atoms with Gasteiger partial charge in [0, 0.05) is 18.0 Å². The van der Waals surface area contributed by atoms with E-state index < -0.39 is 0 Å². The zero-order valence-corrected chi connectivity index (χ0v) is 17.8. The minimum atomic E-state index is -0.385. The summed E-state index contributed by atoms with van der Waals surface area (Å²) in [6.45, 7) is 4.44. The van der Waals surface area contributed by atoms with Crippen molar-refractivity contribution in [1.82, 2.24) is 0 Å². The SMILES string of the molecule is CN(c1ccccc1F)c1c(F)cccc1-c1ccc2c(c1)C(C)(C)c1ccccc1-2. The summed E-state index contributed by atoms with van der Waals surface area (Å²) in [5, 5.41) is 0. The Morgan fingerprint density at radius 3 is 2.10 bits per heavy atom. The molecular weight excluding hydrogens is 388 g/mol. The Bertz CT molecular complexity index is 1310. The van der Waals surface area contributed by atoms with Crippen LogP contribution >= 0.6 is 0 Å². The highest BCUT2D eigenvalue weighted by atomic mass is 19.1. The number of hydrogen-bond donors (Lipinski definition) is 0. The van der Waals surface area contributed by atoms with E-state index in [2.05, 4.69) is 50.2 Å². The summed E-state index contributed by atoms with van der Waals surface area (Å²) < 4.78 is 29.5. The van der Waals surface area contributed by atoms with Crippen LogP contribution in [0.1, 0.15) is 25.0 Å². The van der Waals surface area contributed by atoms with Gasteiger partial charge in [-0.15, -0.1) is 0 Å². The largest absolute Gasteiger partial charge is 0.339 e. The van der Waals surface area contributed by atoms with E-state index >= 15 is 4.39 Å². The van der Waals surface area contributed by atoms with Gasteiger partial charge < -0.3 is 4.90 Å². The lowest BCUT2D eigenvalue weighted by atomic mass is 9.81. The molecule has 0 atom stereocenters. The van der Waals surface area contributed by atoms with E-state index in [9.17, 15) is 4.39 Å². The second kappa shape index (κ2) is 7.05. The van der Waals surface area contributed by atoms with Crippen molar-refractivity contribution < 1.29 is 8.78 Å². The van der Waals surface area contributed by atoms with Crippen LogP contribution < -0.4 is 4.90 Å². The monoisotopic (exact) mass is 411 g/mol. The fraction of sp³-hybridized carbons (Fsp3) is 0.143. The molecule has 3 heteroatoms. The van der Waals surface area contributed by atoms with Crippen LogP contribution in [0.15, 0.2) is 84.9 Å². The van der Waals surface area contributed by atoms with Crippen LogP contribution in [-0.2, 0) is 5.41 Å². The predicted octanol–water partition coefficient (Wildman–Crippen LogP) is 7.71. The third kappa shape index (κ3) is 2.96. The van der Waals surface area contributed by atoms with Crippen molar-refractivity contribution in [2.24, 2.45) is 0 Å². The van der Waals surface area contributed by atoms with Gasteiger partial charge in [-0.1, -0.05) is 74.5 Å². The second-order valence-electron chi connectivity index (χ2n) is 8.58. The number of para-hydroxylation sites is 2. The normalized spacial score (nSPS) is 13.6. The Kier molecular flexibility index (Phi) is 4.44. The third-order valence-corrected chi connectivity index (χ3v) is 6.43. The molecule has 0 spiro atoms. The topological polar surface area (TPSA) is 3.24 Å². The number of rotatable bonds is 3. The smallest absolute Gasteiger partial charge is 0.147 e. The standard InChI is InChI=1S/C28H23F2N/c1-28(2)22-11-5-4-9-20(22)21-16-15-18(17-23(21)28)19-10-8-13-25(30)27(19)31(3)26-14-7-6-12-24(26)29/h4-17H,1-3H3. The molecule has 0 amide bonds. The van der Waals surface area contributed by atoms with E-state index in [1.165, 1.54) is 34.4 Å². The van der Waals surface area contributed by atoms with Crippen LogP contribution in [0, 0.1) is 11.6 Å². The zero-order chi connectivity index (χ0) is 21.8. The molecule has 0 aromatic heterocycles. The van der Waals surface area contributed by atoms with E-state index in [0.29, 0.717) is 11.4 Å². The lowest BCUT2D eigenvalue weighted by Crippen LogP contribution is -2.15. The maximum absolute atomic E-state index is 15.1. The molecule has 1 nitrogen and oxygen atoms in total. The van der Waals surface area contributed by atoms with Gasteiger partial charge in [0.1, 0.15) is 11.6 Å². The van der Waals surface area contributed by atoms with Gasteiger partial charge in [0.2, 0.25) is 0 Å². The molecule has 0 fully saturated rings. The van der Waals surface area contributed by atoms with E-state index in [0.717, 1.165) is 11.1 Å². The lowest BCUT2D eigenvalue weighted by molar-refractivity contribution is 0.618. The Morgan fingerprint density at radius 2 is 1.29 bits per heavy atom. The van der Waals surface area contributed by atoms with Gasteiger partial charge >= 0.3 is 0 Å². The van der Waals surface area contributed by atoms with Crippen LogP contribution in [0.25, 0.3) is 22.3 Å². The molecular formula is C28H23F2N. The molecule has 0 radical (unpaired) electrons. The predicted molar refractivity (Wildman–Crippen MR) is 124 cm³/mol. The molecule has 4 aromatic carbocycles. The Morgan fingerprint density at radius 1 is 0.645 bits per heavy atom. The first kappa shape index (κ1) is 19.5. The van der Waals surface area contributed by atoms with Gasteiger partial charge in [0.25, 0.3) is 0 Å². The molecule has 0 saturated heterocycles. The molecule has 1 aliphatic carbocycles. The van der Waals surface area contributed by atoms with E-state index in [1.54, 1.807) is 36.2 Å². The van der Waals surface area contributed by atoms with Gasteiger partial charge in [-0.05, 0) is 52.1 Å². The van der Waals surface area contributed by atoms with Crippen LogP contribution in [0.4, 0.5) is 20.2 Å². The summed E-state index contributed by atoms with van der Waals surface area (Å²) >= 11 is 0. The highest BCUT2D eigenvalue weighted by Gasteiger charge is 2.35. The van der Waals surface area contributed by atoms with E-state index in [1.807, 2.05) is 12.1 Å². The number of benzene rings is 4. The molecule has 0 N–H and O–H groups in total. The highest BCUT2D eigenvalue weighted by Crippen LogP contribution is 2.50. The molecule has 4 aromatic rings. The minimum Gasteiger partial charge on any atom is -0.339 e. The first-order chi connectivity index (χ1) is 14.9. The Labute approximate surface area is 181 Å². The van der Waals surface area contributed by atoms with Crippen LogP contribution in [0.3, 0.4) is 0 Å². The van der Waals surface area contributed by atoms with Crippen LogP contribution in [-0.4, -0.2) is 7.05 Å². The summed E-state index contributed by atoms with van der Waals surface area (Å²) in [6, 6.07) is 26.2. The second-order valence-corrected chi connectivity index (χ2v) is 8.58. The van der Waals surface area contributed by atoms with Crippen molar-refractivity contribution in [3.05, 3.63) is 108 Å². The average molecular weight is 411 g/mol. The number of anilines is 2. The van der Waals surface area contributed by atoms with Gasteiger partial charge in [0.05, 0.1) is 11.4 Å². The summed E-state index contributed by atoms with van der Waals surface area (Å²) in [5.41, 5.74) is 7.18. The van der Waals surface area contributed by atoms with Crippen molar-refractivity contribution in [3.63, 3.8) is 0 Å². The fourth-order valence-electron chi connectivity index (χ4n) is 4.81. The van der Waals surface area contributed by atoms with Gasteiger partial charge in [-0.25, -0.2) is 8.78 Å². The lowest BCUT2D eigenvalue weighted by Gasteiger charge is -2.25. The molecule has 0 heterocycles. The first-order valence-electron chi connectivity index (χ1n) is 10.4. The molecule has 0 aliphatic heterocycles. The van der Waals surface area contributed by atoms with Crippen molar-refractivity contribution in [3.8, 4) is 22.3 Å². The maximum Gasteiger partial charge on any atom is 0.147 e. The number of hydrogen-bond acceptors (Lipinski definition) is 1. The summed E-state index contributed by atoms with van der Waals surface area (Å²) in [7, 11) is 1.70. The molecule has 0 unspecified atom stereocenters. The third-order valence-electron chi connectivity index (χ3n) is 6.43. The Balaban J connectivity index is 1.68. The number of halogens is 2. The summed E-state index contributed by atoms with van der Waals surface area (Å²) in [4.78, 5) is 1.59. The molecule has 31 heavy (non-hydrogen) atoms. The zero-order valence-electron chi connectivity index (χ0n) is 17.8. The fourth-order valence-corrected chi connectivity index (χ4v) is 4.81. The van der Waals surface area contributed by atoms with Crippen LogP contribution in [0.2, 0.25) is 0 Å². The first-order valence-corrected chi connectivity index (χ1v) is 10.4. The van der Waals surface area contributed by atoms with Crippen molar-refractivity contribution >= 4 is 11.4 Å². The molecule has 1 aliphatic rings. The van der Waals surface area contributed by atoms with Gasteiger partial charge in [-0.3, -0.25) is 0 Å². The molecule has 5 rings (SSSR count).